The first-order valence-electron chi connectivity index (χ1n) is 12.9. The number of H-pyrrole nitrogens is 1. The molecule has 3 heterocycles. The summed E-state index contributed by atoms with van der Waals surface area (Å²) in [6.45, 7) is 9.36. The van der Waals surface area contributed by atoms with Crippen LogP contribution in [0.4, 0.5) is 5.69 Å². The molecule has 1 saturated heterocycles. The molecule has 1 aromatic heterocycles. The number of hydrogen-bond acceptors (Lipinski definition) is 5. The monoisotopic (exact) mass is 600 g/mol. The number of nitrogens with zero attached hydrogens (tertiary/aromatic N) is 2. The molecule has 3 aromatic rings. The number of aromatic nitrogens is 1. The Morgan fingerprint density at radius 1 is 1.02 bits per heavy atom. The summed E-state index contributed by atoms with van der Waals surface area (Å²) >= 11 is 12.4. The highest BCUT2D eigenvalue weighted by atomic mass is 35.5. The molecule has 210 valence electrons. The Morgan fingerprint density at radius 3 is 2.35 bits per heavy atom. The first kappa shape index (κ1) is 28.4. The van der Waals surface area contributed by atoms with Gasteiger partial charge in [0, 0.05) is 77.9 Å². The lowest BCUT2D eigenvalue weighted by molar-refractivity contribution is -0.130. The maximum Gasteiger partial charge on any atom is 0.256 e. The molecule has 0 saturated carbocycles. The smallest absolute Gasteiger partial charge is 0.256 e. The van der Waals surface area contributed by atoms with Crippen molar-refractivity contribution < 1.29 is 18.0 Å². The van der Waals surface area contributed by atoms with Crippen molar-refractivity contribution in [3.8, 4) is 0 Å². The Morgan fingerprint density at radius 2 is 1.70 bits per heavy atom. The van der Waals surface area contributed by atoms with Gasteiger partial charge in [0.15, 0.2) is 9.84 Å². The van der Waals surface area contributed by atoms with E-state index in [0.29, 0.717) is 35.5 Å². The van der Waals surface area contributed by atoms with Crippen molar-refractivity contribution in [1.29, 1.82) is 0 Å². The second-order valence-corrected chi connectivity index (χ2v) is 13.0. The van der Waals surface area contributed by atoms with E-state index in [-0.39, 0.29) is 32.5 Å². The van der Waals surface area contributed by atoms with Crippen LogP contribution in [-0.2, 0) is 31.7 Å². The van der Waals surface area contributed by atoms with Gasteiger partial charge in [-0.15, -0.1) is 0 Å². The van der Waals surface area contributed by atoms with Gasteiger partial charge in [-0.2, -0.15) is 0 Å². The van der Waals surface area contributed by atoms with Gasteiger partial charge in [0.1, 0.15) is 0 Å². The van der Waals surface area contributed by atoms with Crippen molar-refractivity contribution in [3.05, 3.63) is 80.1 Å². The molecule has 40 heavy (non-hydrogen) atoms. The van der Waals surface area contributed by atoms with Crippen LogP contribution in [0.25, 0.3) is 11.6 Å². The summed E-state index contributed by atoms with van der Waals surface area (Å²) in [5.74, 6) is -0.558. The second-order valence-electron chi connectivity index (χ2n) is 10.2. The summed E-state index contributed by atoms with van der Waals surface area (Å²) in [4.78, 5) is 32.3. The van der Waals surface area contributed by atoms with Gasteiger partial charge in [0.25, 0.3) is 5.91 Å². The van der Waals surface area contributed by atoms with Crippen LogP contribution >= 0.6 is 23.2 Å². The number of benzene rings is 2. The van der Waals surface area contributed by atoms with Gasteiger partial charge in [-0.25, -0.2) is 8.42 Å². The summed E-state index contributed by atoms with van der Waals surface area (Å²) in [6.07, 6.45) is 1.78. The summed E-state index contributed by atoms with van der Waals surface area (Å²) in [6, 6.07) is 9.48. The number of aromatic amines is 1. The molecular formula is C29H30Cl2N4O4S. The number of halogens is 2. The minimum Gasteiger partial charge on any atom is -0.359 e. The average Bonchev–Trinajstić information content (AvgIpc) is 3.36. The van der Waals surface area contributed by atoms with Gasteiger partial charge in [-0.3, -0.25) is 14.5 Å². The molecule has 0 unspecified atom stereocenters. The second kappa shape index (κ2) is 11.0. The van der Waals surface area contributed by atoms with E-state index in [4.69, 9.17) is 23.2 Å². The van der Waals surface area contributed by atoms with Crippen molar-refractivity contribution >= 4 is 62.2 Å². The Balaban J connectivity index is 1.42. The van der Waals surface area contributed by atoms with Crippen LogP contribution in [0.1, 0.15) is 40.6 Å². The van der Waals surface area contributed by atoms with Crippen molar-refractivity contribution in [1.82, 2.24) is 14.8 Å². The molecule has 2 aliphatic rings. The standard InChI is InChI=1S/C29H30Cl2N4O4S/c1-17-23(15-34-9-11-35(12-10-34)19(3)36)18(2)32-28(17)14-22-21-13-20(7-8-27(21)33-29(22)37)40(38,39)16-24-25(30)5-4-6-26(24)31/h4-8,13-14,32H,9-12,15-16H2,1-3H3,(H,33,37)/b22-14-. The van der Waals surface area contributed by atoms with Gasteiger partial charge >= 0.3 is 0 Å². The van der Waals surface area contributed by atoms with E-state index in [1.54, 1.807) is 37.3 Å². The summed E-state index contributed by atoms with van der Waals surface area (Å²) in [5, 5.41) is 3.40. The Labute approximate surface area is 243 Å². The molecule has 2 aromatic carbocycles. The number of piperazine rings is 1. The van der Waals surface area contributed by atoms with Crippen molar-refractivity contribution in [2.24, 2.45) is 0 Å². The predicted molar refractivity (Wildman–Crippen MR) is 158 cm³/mol. The molecule has 2 aliphatic heterocycles. The minimum absolute atomic E-state index is 0.0782. The first-order chi connectivity index (χ1) is 18.9. The van der Waals surface area contributed by atoms with E-state index in [1.165, 1.54) is 12.1 Å². The number of fused-ring (bicyclic) bond motifs is 1. The maximum atomic E-state index is 13.3. The number of carbonyl (C=O) groups excluding carboxylic acids is 2. The fraction of sp³-hybridized carbons (Fsp3) is 0.310. The largest absolute Gasteiger partial charge is 0.359 e. The first-order valence-corrected chi connectivity index (χ1v) is 15.3. The Hall–Kier alpha value is -3.11. The molecule has 2 amide bonds. The number of hydrogen-bond donors (Lipinski definition) is 2. The zero-order chi connectivity index (χ0) is 28.8. The molecule has 5 rings (SSSR count). The molecule has 0 spiro atoms. The van der Waals surface area contributed by atoms with E-state index in [2.05, 4.69) is 15.2 Å². The fourth-order valence-electron chi connectivity index (χ4n) is 5.23. The fourth-order valence-corrected chi connectivity index (χ4v) is 7.35. The van der Waals surface area contributed by atoms with Gasteiger partial charge in [0.2, 0.25) is 5.91 Å². The number of aryl methyl sites for hydroxylation is 1. The van der Waals surface area contributed by atoms with Crippen LogP contribution in [0.3, 0.4) is 0 Å². The predicted octanol–water partition coefficient (Wildman–Crippen LogP) is 5.07. The third kappa shape index (κ3) is 5.56. The molecule has 11 heteroatoms. The molecule has 0 atom stereocenters. The lowest BCUT2D eigenvalue weighted by Gasteiger charge is -2.34. The maximum absolute atomic E-state index is 13.3. The minimum atomic E-state index is -3.80. The highest BCUT2D eigenvalue weighted by molar-refractivity contribution is 7.90. The molecule has 0 aliphatic carbocycles. The molecule has 0 bridgehead atoms. The summed E-state index contributed by atoms with van der Waals surface area (Å²) < 4.78 is 26.7. The molecular weight excluding hydrogens is 571 g/mol. The number of amides is 2. The molecule has 0 radical (unpaired) electrons. The summed E-state index contributed by atoms with van der Waals surface area (Å²) in [5.41, 5.74) is 5.76. The quantitative estimate of drug-likeness (QED) is 0.385. The van der Waals surface area contributed by atoms with Crippen LogP contribution < -0.4 is 5.32 Å². The SMILES string of the molecule is CC(=O)N1CCN(Cc2c(C)[nH]c(/C=C3\C(=O)Nc4ccc(S(=O)(=O)Cc5c(Cl)cccc5Cl)cc43)c2C)CC1. The topological polar surface area (TPSA) is 103 Å². The lowest BCUT2D eigenvalue weighted by atomic mass is 10.0. The van der Waals surface area contributed by atoms with E-state index >= 15 is 0 Å². The van der Waals surface area contributed by atoms with E-state index in [1.807, 2.05) is 18.7 Å². The third-order valence-corrected chi connectivity index (χ3v) is 10.00. The molecule has 8 nitrogen and oxygen atoms in total. The van der Waals surface area contributed by atoms with E-state index < -0.39 is 9.84 Å². The van der Waals surface area contributed by atoms with Crippen molar-refractivity contribution in [2.45, 2.75) is 38.0 Å². The normalized spacial score (nSPS) is 16.9. The third-order valence-electron chi connectivity index (χ3n) is 7.65. The zero-order valence-electron chi connectivity index (χ0n) is 22.5. The van der Waals surface area contributed by atoms with Gasteiger partial charge in [0.05, 0.1) is 16.2 Å². The van der Waals surface area contributed by atoms with Gasteiger partial charge in [-0.05, 0) is 61.4 Å². The highest BCUT2D eigenvalue weighted by Crippen LogP contribution is 2.37. The zero-order valence-corrected chi connectivity index (χ0v) is 24.8. The summed E-state index contributed by atoms with van der Waals surface area (Å²) in [7, 11) is -3.80. The van der Waals surface area contributed by atoms with Crippen LogP contribution in [0.15, 0.2) is 41.3 Å². The Bertz CT molecular complexity index is 1630. The van der Waals surface area contributed by atoms with E-state index in [0.717, 1.165) is 42.1 Å². The van der Waals surface area contributed by atoms with Crippen LogP contribution in [0.2, 0.25) is 10.0 Å². The molecule has 2 N–H and O–H groups in total. The van der Waals surface area contributed by atoms with E-state index in [9.17, 15) is 18.0 Å². The highest BCUT2D eigenvalue weighted by Gasteiger charge is 2.28. The lowest BCUT2D eigenvalue weighted by Crippen LogP contribution is -2.47. The van der Waals surface area contributed by atoms with Crippen LogP contribution in [0, 0.1) is 13.8 Å². The van der Waals surface area contributed by atoms with Gasteiger partial charge in [-0.1, -0.05) is 29.3 Å². The average molecular weight is 602 g/mol. The molecule has 1 fully saturated rings. The number of anilines is 1. The van der Waals surface area contributed by atoms with Gasteiger partial charge < -0.3 is 15.2 Å². The number of sulfone groups is 1. The Kier molecular flexibility index (Phi) is 7.85. The number of rotatable bonds is 6. The number of carbonyl (C=O) groups is 2. The van der Waals surface area contributed by atoms with Crippen LogP contribution in [-0.4, -0.2) is 61.2 Å². The van der Waals surface area contributed by atoms with Crippen LogP contribution in [0.5, 0.6) is 0 Å². The number of nitrogens with one attached hydrogen (secondary N) is 2. The van der Waals surface area contributed by atoms with Crippen molar-refractivity contribution in [2.75, 3.05) is 31.5 Å². The van der Waals surface area contributed by atoms with Crippen molar-refractivity contribution in [3.63, 3.8) is 0 Å².